The molecule has 1 aliphatic heterocycles. The van der Waals surface area contributed by atoms with Crippen LogP contribution >= 0.6 is 0 Å². The Bertz CT molecular complexity index is 479. The minimum Gasteiger partial charge on any atom is -0.316 e. The number of nitrogens with one attached hydrogen (secondary N) is 1. The van der Waals surface area contributed by atoms with Gasteiger partial charge in [0.15, 0.2) is 11.6 Å². The number of rotatable bonds is 5. The Morgan fingerprint density at radius 3 is 2.62 bits per heavy atom. The van der Waals surface area contributed by atoms with Crippen molar-refractivity contribution in [3.05, 3.63) is 35.1 Å². The van der Waals surface area contributed by atoms with Crippen molar-refractivity contribution in [1.29, 1.82) is 0 Å². The number of nitrogens with zero attached hydrogens (tertiary/aromatic N) is 1. The number of hydrogen-bond acceptors (Lipinski definition) is 2. The number of benzene rings is 1. The van der Waals surface area contributed by atoms with Crippen LogP contribution in [0.15, 0.2) is 12.1 Å². The molecule has 0 saturated carbocycles. The van der Waals surface area contributed by atoms with E-state index in [1.54, 1.807) is 0 Å². The summed E-state index contributed by atoms with van der Waals surface area (Å²) in [6, 6.07) is 1.46. The molecule has 1 aromatic rings. The predicted octanol–water partition coefficient (Wildman–Crippen LogP) is 3.49. The Kier molecular flexibility index (Phi) is 5.65. The summed E-state index contributed by atoms with van der Waals surface area (Å²) in [6.07, 6.45) is 3.04. The highest BCUT2D eigenvalue weighted by atomic mass is 19.2. The van der Waals surface area contributed by atoms with E-state index in [0.29, 0.717) is 6.07 Å². The largest absolute Gasteiger partial charge is 0.316 e. The first-order valence-corrected chi connectivity index (χ1v) is 7.60. The van der Waals surface area contributed by atoms with Gasteiger partial charge in [0.2, 0.25) is 0 Å². The van der Waals surface area contributed by atoms with E-state index < -0.39 is 17.5 Å². The van der Waals surface area contributed by atoms with E-state index in [0.717, 1.165) is 45.0 Å². The lowest BCUT2D eigenvalue weighted by atomic mass is 9.84. The van der Waals surface area contributed by atoms with E-state index >= 15 is 0 Å². The van der Waals surface area contributed by atoms with Gasteiger partial charge in [-0.25, -0.2) is 13.2 Å². The van der Waals surface area contributed by atoms with Crippen molar-refractivity contribution in [1.82, 2.24) is 10.2 Å². The van der Waals surface area contributed by atoms with Crippen LogP contribution in [0.2, 0.25) is 0 Å². The van der Waals surface area contributed by atoms with Gasteiger partial charge in [-0.15, -0.1) is 0 Å². The summed E-state index contributed by atoms with van der Waals surface area (Å²) >= 11 is 0. The number of likely N-dealkylation sites (tertiary alicyclic amines) is 1. The fraction of sp³-hybridized carbons (Fsp3) is 0.625. The molecule has 0 spiro atoms. The summed E-state index contributed by atoms with van der Waals surface area (Å²) in [6.45, 7) is 4.61. The third-order valence-electron chi connectivity index (χ3n) is 4.20. The second-order valence-electron chi connectivity index (χ2n) is 5.82. The molecule has 1 fully saturated rings. The number of halogens is 3. The number of hydrogen-bond donors (Lipinski definition) is 1. The average molecular weight is 300 g/mol. The average Bonchev–Trinajstić information content (AvgIpc) is 2.44. The van der Waals surface area contributed by atoms with Crippen LogP contribution in [0.1, 0.15) is 37.8 Å². The van der Waals surface area contributed by atoms with Crippen molar-refractivity contribution < 1.29 is 13.2 Å². The van der Waals surface area contributed by atoms with Gasteiger partial charge >= 0.3 is 0 Å². The van der Waals surface area contributed by atoms with E-state index in [2.05, 4.69) is 12.2 Å². The molecule has 21 heavy (non-hydrogen) atoms. The van der Waals surface area contributed by atoms with Gasteiger partial charge in [0, 0.05) is 17.7 Å². The third-order valence-corrected chi connectivity index (χ3v) is 4.20. The second kappa shape index (κ2) is 7.27. The molecule has 1 heterocycles. The highest BCUT2D eigenvalue weighted by Gasteiger charge is 2.32. The fourth-order valence-corrected chi connectivity index (χ4v) is 3.19. The van der Waals surface area contributed by atoms with Crippen molar-refractivity contribution >= 4 is 0 Å². The van der Waals surface area contributed by atoms with Gasteiger partial charge in [-0.05, 0) is 57.9 Å². The molecule has 2 atom stereocenters. The van der Waals surface area contributed by atoms with Gasteiger partial charge in [-0.3, -0.25) is 4.90 Å². The monoisotopic (exact) mass is 300 g/mol. The van der Waals surface area contributed by atoms with Crippen LogP contribution in [0.4, 0.5) is 13.2 Å². The molecule has 1 saturated heterocycles. The molecule has 2 rings (SSSR count). The first-order chi connectivity index (χ1) is 10.0. The molecular formula is C16H23F3N2. The van der Waals surface area contributed by atoms with Crippen LogP contribution in [-0.4, -0.2) is 31.6 Å². The van der Waals surface area contributed by atoms with Crippen LogP contribution in [0, 0.1) is 23.4 Å². The zero-order valence-electron chi connectivity index (χ0n) is 12.6. The SMILES string of the molecule is CCCNCC1CCCN(C)C1c1cc(F)c(F)cc1F. The summed E-state index contributed by atoms with van der Waals surface area (Å²) < 4.78 is 40.7. The summed E-state index contributed by atoms with van der Waals surface area (Å²) in [5.74, 6) is -2.57. The van der Waals surface area contributed by atoms with Crippen molar-refractivity contribution in [2.75, 3.05) is 26.7 Å². The lowest BCUT2D eigenvalue weighted by Crippen LogP contribution is -2.41. The molecule has 0 radical (unpaired) electrons. The minimum atomic E-state index is -1.13. The predicted molar refractivity (Wildman–Crippen MR) is 77.6 cm³/mol. The molecule has 2 unspecified atom stereocenters. The summed E-state index contributed by atoms with van der Waals surface area (Å²) in [7, 11) is 1.91. The third kappa shape index (κ3) is 3.77. The van der Waals surface area contributed by atoms with Gasteiger partial charge < -0.3 is 5.32 Å². The first-order valence-electron chi connectivity index (χ1n) is 7.60. The molecule has 0 aromatic heterocycles. The normalized spacial score (nSPS) is 23.5. The van der Waals surface area contributed by atoms with Crippen LogP contribution in [0.3, 0.4) is 0 Å². The van der Waals surface area contributed by atoms with Gasteiger partial charge in [0.05, 0.1) is 0 Å². The molecular weight excluding hydrogens is 277 g/mol. The molecule has 1 aliphatic rings. The molecule has 5 heteroatoms. The Morgan fingerprint density at radius 2 is 1.90 bits per heavy atom. The van der Waals surface area contributed by atoms with E-state index in [9.17, 15) is 13.2 Å². The lowest BCUT2D eigenvalue weighted by Gasteiger charge is -2.40. The summed E-state index contributed by atoms with van der Waals surface area (Å²) in [5, 5.41) is 3.35. The highest BCUT2D eigenvalue weighted by Crippen LogP contribution is 2.36. The maximum Gasteiger partial charge on any atom is 0.161 e. The second-order valence-corrected chi connectivity index (χ2v) is 5.82. The quantitative estimate of drug-likeness (QED) is 0.661. The molecule has 0 bridgehead atoms. The standard InChI is InChI=1S/C16H23F3N2/c1-3-6-20-10-11-5-4-7-21(2)16(11)12-8-14(18)15(19)9-13(12)17/h8-9,11,16,20H,3-7,10H2,1-2H3. The number of piperidine rings is 1. The maximum atomic E-state index is 14.1. The minimum absolute atomic E-state index is 0.203. The van der Waals surface area contributed by atoms with Crippen LogP contribution in [-0.2, 0) is 0 Å². The van der Waals surface area contributed by atoms with Crippen molar-refractivity contribution in [3.63, 3.8) is 0 Å². The first kappa shape index (κ1) is 16.3. The Balaban J connectivity index is 2.25. The van der Waals surface area contributed by atoms with Gasteiger partial charge in [0.25, 0.3) is 0 Å². The topological polar surface area (TPSA) is 15.3 Å². The zero-order chi connectivity index (χ0) is 15.4. The van der Waals surface area contributed by atoms with E-state index in [-0.39, 0.29) is 17.5 Å². The smallest absolute Gasteiger partial charge is 0.161 e. The maximum absolute atomic E-state index is 14.1. The molecule has 1 aromatic carbocycles. The Labute approximate surface area is 124 Å². The van der Waals surface area contributed by atoms with Crippen molar-refractivity contribution in [2.45, 2.75) is 32.2 Å². The van der Waals surface area contributed by atoms with E-state index in [1.165, 1.54) is 0 Å². The highest BCUT2D eigenvalue weighted by molar-refractivity contribution is 5.25. The van der Waals surface area contributed by atoms with Crippen LogP contribution in [0.5, 0.6) is 0 Å². The van der Waals surface area contributed by atoms with Crippen LogP contribution in [0.25, 0.3) is 0 Å². The summed E-state index contributed by atoms with van der Waals surface area (Å²) in [4.78, 5) is 2.04. The van der Waals surface area contributed by atoms with Crippen molar-refractivity contribution in [3.8, 4) is 0 Å². The van der Waals surface area contributed by atoms with Gasteiger partial charge in [0.1, 0.15) is 5.82 Å². The van der Waals surface area contributed by atoms with Gasteiger partial charge in [-0.1, -0.05) is 6.92 Å². The van der Waals surface area contributed by atoms with Crippen LogP contribution < -0.4 is 5.32 Å². The Hall–Kier alpha value is -1.07. The molecule has 2 nitrogen and oxygen atoms in total. The fourth-order valence-electron chi connectivity index (χ4n) is 3.19. The zero-order valence-corrected chi connectivity index (χ0v) is 12.6. The Morgan fingerprint density at radius 1 is 1.19 bits per heavy atom. The summed E-state index contributed by atoms with van der Waals surface area (Å²) in [5.41, 5.74) is 0.263. The van der Waals surface area contributed by atoms with Gasteiger partial charge in [-0.2, -0.15) is 0 Å². The van der Waals surface area contributed by atoms with Crippen molar-refractivity contribution in [2.24, 2.45) is 5.92 Å². The van der Waals surface area contributed by atoms with E-state index in [1.807, 2.05) is 11.9 Å². The molecule has 0 aliphatic carbocycles. The molecule has 0 amide bonds. The molecule has 118 valence electrons. The molecule has 1 N–H and O–H groups in total. The lowest BCUT2D eigenvalue weighted by molar-refractivity contribution is 0.116. The van der Waals surface area contributed by atoms with E-state index in [4.69, 9.17) is 0 Å².